The van der Waals surface area contributed by atoms with Gasteiger partial charge in [0, 0.05) is 28.7 Å². The number of ether oxygens (including phenoxy) is 2. The SMILES string of the molecule is CC1=CCC(=O)N1c1cnc(Oc2cccc3c2C2(CC2)CO3)c(C)c1. The zero-order valence-electron chi connectivity index (χ0n) is 14.9. The van der Waals surface area contributed by atoms with Crippen LogP contribution in [-0.2, 0) is 10.2 Å². The molecule has 1 aliphatic carbocycles. The fourth-order valence-corrected chi connectivity index (χ4v) is 3.91. The average Bonchev–Trinajstić information content (AvgIpc) is 3.20. The second-order valence-electron chi connectivity index (χ2n) is 7.39. The van der Waals surface area contributed by atoms with E-state index in [-0.39, 0.29) is 11.3 Å². The molecule has 1 spiro atoms. The summed E-state index contributed by atoms with van der Waals surface area (Å²) in [7, 11) is 0. The van der Waals surface area contributed by atoms with Gasteiger partial charge in [-0.1, -0.05) is 12.1 Å². The van der Waals surface area contributed by atoms with Gasteiger partial charge in [0.1, 0.15) is 11.5 Å². The molecule has 0 radical (unpaired) electrons. The van der Waals surface area contributed by atoms with E-state index in [1.165, 1.54) is 5.56 Å². The summed E-state index contributed by atoms with van der Waals surface area (Å²) in [6.07, 6.45) is 6.38. The van der Waals surface area contributed by atoms with Gasteiger partial charge in [-0.25, -0.2) is 4.98 Å². The summed E-state index contributed by atoms with van der Waals surface area (Å²) in [5.41, 5.74) is 3.95. The number of aryl methyl sites for hydroxylation is 1. The van der Waals surface area contributed by atoms with Crippen molar-refractivity contribution in [3.05, 3.63) is 53.4 Å². The van der Waals surface area contributed by atoms with Gasteiger partial charge in [0.05, 0.1) is 18.5 Å². The summed E-state index contributed by atoms with van der Waals surface area (Å²) in [6, 6.07) is 7.90. The van der Waals surface area contributed by atoms with Gasteiger partial charge < -0.3 is 9.47 Å². The lowest BCUT2D eigenvalue weighted by Gasteiger charge is -2.19. The molecule has 3 aliphatic rings. The monoisotopic (exact) mass is 348 g/mol. The summed E-state index contributed by atoms with van der Waals surface area (Å²) in [4.78, 5) is 18.3. The topological polar surface area (TPSA) is 51.7 Å². The predicted molar refractivity (Wildman–Crippen MR) is 97.8 cm³/mol. The molecule has 2 aliphatic heterocycles. The molecule has 5 heteroatoms. The van der Waals surface area contributed by atoms with Gasteiger partial charge >= 0.3 is 0 Å². The number of aromatic nitrogens is 1. The van der Waals surface area contributed by atoms with E-state index in [4.69, 9.17) is 9.47 Å². The molecule has 0 atom stereocenters. The highest BCUT2D eigenvalue weighted by molar-refractivity contribution is 5.99. The van der Waals surface area contributed by atoms with E-state index in [9.17, 15) is 4.79 Å². The Labute approximate surface area is 152 Å². The molecule has 0 unspecified atom stereocenters. The van der Waals surface area contributed by atoms with Crippen LogP contribution >= 0.6 is 0 Å². The molecule has 1 aromatic carbocycles. The third-order valence-corrected chi connectivity index (χ3v) is 5.53. The van der Waals surface area contributed by atoms with Gasteiger partial charge in [-0.3, -0.25) is 9.69 Å². The van der Waals surface area contributed by atoms with Gasteiger partial charge in [0.2, 0.25) is 11.8 Å². The Kier molecular flexibility index (Phi) is 3.17. The van der Waals surface area contributed by atoms with Crippen LogP contribution in [0.15, 0.2) is 42.2 Å². The highest BCUT2D eigenvalue weighted by Gasteiger charge is 2.52. The van der Waals surface area contributed by atoms with Crippen molar-refractivity contribution in [1.29, 1.82) is 0 Å². The number of nitrogens with zero attached hydrogens (tertiary/aromatic N) is 2. The Morgan fingerprint density at radius 2 is 2.12 bits per heavy atom. The lowest BCUT2D eigenvalue weighted by molar-refractivity contribution is -0.116. The first-order valence-electron chi connectivity index (χ1n) is 8.98. The summed E-state index contributed by atoms with van der Waals surface area (Å²) >= 11 is 0. The van der Waals surface area contributed by atoms with Crippen LogP contribution in [-0.4, -0.2) is 17.5 Å². The molecule has 0 N–H and O–H groups in total. The fraction of sp³-hybridized carbons (Fsp3) is 0.333. The Morgan fingerprint density at radius 3 is 2.81 bits per heavy atom. The first kappa shape index (κ1) is 15.4. The number of amides is 1. The first-order valence-corrected chi connectivity index (χ1v) is 8.98. The molecule has 132 valence electrons. The number of allylic oxidation sites excluding steroid dienone is 1. The number of carbonyl (C=O) groups is 1. The predicted octanol–water partition coefficient (Wildman–Crippen LogP) is 4.25. The third kappa shape index (κ3) is 2.23. The Bertz CT molecular complexity index is 960. The van der Waals surface area contributed by atoms with Crippen molar-refractivity contribution in [3.63, 3.8) is 0 Å². The number of rotatable bonds is 3. The molecule has 2 aromatic rings. The number of carbonyl (C=O) groups excluding carboxylic acids is 1. The van der Waals surface area contributed by atoms with Crippen molar-refractivity contribution in [1.82, 2.24) is 4.98 Å². The molecule has 1 saturated carbocycles. The fourth-order valence-electron chi connectivity index (χ4n) is 3.91. The molecule has 3 heterocycles. The number of benzene rings is 1. The van der Waals surface area contributed by atoms with Crippen molar-refractivity contribution in [3.8, 4) is 17.4 Å². The minimum absolute atomic E-state index is 0.0751. The van der Waals surface area contributed by atoms with E-state index in [0.717, 1.165) is 47.9 Å². The molecular weight excluding hydrogens is 328 g/mol. The van der Waals surface area contributed by atoms with Crippen LogP contribution in [0.25, 0.3) is 0 Å². The van der Waals surface area contributed by atoms with Crippen LogP contribution in [0.4, 0.5) is 5.69 Å². The van der Waals surface area contributed by atoms with Gasteiger partial charge in [-0.05, 0) is 44.9 Å². The minimum Gasteiger partial charge on any atom is -0.492 e. The Morgan fingerprint density at radius 1 is 1.27 bits per heavy atom. The van der Waals surface area contributed by atoms with Crippen LogP contribution in [0, 0.1) is 6.92 Å². The maximum Gasteiger partial charge on any atom is 0.235 e. The average molecular weight is 348 g/mol. The largest absolute Gasteiger partial charge is 0.492 e. The standard InChI is InChI=1S/C21H20N2O3/c1-13-10-15(23-14(2)6-7-18(23)24)11-22-20(13)26-17-5-3-4-16-19(17)21(8-9-21)12-25-16/h3-6,10-11H,7-9,12H2,1-2H3. The normalized spacial score (nSPS) is 19.4. The molecule has 0 bridgehead atoms. The molecule has 26 heavy (non-hydrogen) atoms. The van der Waals surface area contributed by atoms with E-state index in [2.05, 4.69) is 4.98 Å². The van der Waals surface area contributed by atoms with E-state index in [1.54, 1.807) is 11.1 Å². The summed E-state index contributed by atoms with van der Waals surface area (Å²) < 4.78 is 12.0. The van der Waals surface area contributed by atoms with Gasteiger partial charge in [-0.2, -0.15) is 0 Å². The summed E-state index contributed by atoms with van der Waals surface area (Å²) in [6.45, 7) is 4.64. The lowest BCUT2D eigenvalue weighted by atomic mass is 9.97. The highest BCUT2D eigenvalue weighted by Crippen LogP contribution is 2.58. The number of hydrogen-bond donors (Lipinski definition) is 0. The van der Waals surface area contributed by atoms with Crippen molar-refractivity contribution in [2.75, 3.05) is 11.5 Å². The first-order chi connectivity index (χ1) is 12.6. The molecule has 1 fully saturated rings. The number of pyridine rings is 1. The van der Waals surface area contributed by atoms with E-state index >= 15 is 0 Å². The second kappa shape index (κ2) is 5.34. The van der Waals surface area contributed by atoms with E-state index in [0.29, 0.717) is 12.3 Å². The van der Waals surface area contributed by atoms with Crippen molar-refractivity contribution in [2.24, 2.45) is 0 Å². The molecule has 5 nitrogen and oxygen atoms in total. The summed E-state index contributed by atoms with van der Waals surface area (Å²) in [5, 5.41) is 0. The maximum absolute atomic E-state index is 12.1. The van der Waals surface area contributed by atoms with Crippen LogP contribution in [0.2, 0.25) is 0 Å². The third-order valence-electron chi connectivity index (χ3n) is 5.53. The number of hydrogen-bond acceptors (Lipinski definition) is 4. The van der Waals surface area contributed by atoms with Crippen LogP contribution < -0.4 is 14.4 Å². The van der Waals surface area contributed by atoms with Crippen molar-refractivity contribution in [2.45, 2.75) is 38.5 Å². The molecule has 5 rings (SSSR count). The number of anilines is 1. The Balaban J connectivity index is 1.47. The highest BCUT2D eigenvalue weighted by atomic mass is 16.5. The smallest absolute Gasteiger partial charge is 0.235 e. The maximum atomic E-state index is 12.1. The van der Waals surface area contributed by atoms with Gasteiger partial charge in [0.15, 0.2) is 0 Å². The Hall–Kier alpha value is -2.82. The van der Waals surface area contributed by atoms with Crippen molar-refractivity contribution >= 4 is 11.6 Å². The van der Waals surface area contributed by atoms with Crippen LogP contribution in [0.5, 0.6) is 17.4 Å². The zero-order chi connectivity index (χ0) is 17.9. The van der Waals surface area contributed by atoms with Gasteiger partial charge in [-0.15, -0.1) is 0 Å². The zero-order valence-corrected chi connectivity index (χ0v) is 14.9. The van der Waals surface area contributed by atoms with Gasteiger partial charge in [0.25, 0.3) is 0 Å². The molecule has 1 amide bonds. The molecule has 1 aromatic heterocycles. The minimum atomic E-state index is 0.0751. The molecule has 0 saturated heterocycles. The van der Waals surface area contributed by atoms with Crippen molar-refractivity contribution < 1.29 is 14.3 Å². The summed E-state index contributed by atoms with van der Waals surface area (Å²) in [5.74, 6) is 2.40. The quantitative estimate of drug-likeness (QED) is 0.832. The van der Waals surface area contributed by atoms with Crippen LogP contribution in [0.1, 0.15) is 37.3 Å². The molecular formula is C21H20N2O3. The van der Waals surface area contributed by atoms with E-state index < -0.39 is 0 Å². The van der Waals surface area contributed by atoms with Crippen LogP contribution in [0.3, 0.4) is 0 Å². The second-order valence-corrected chi connectivity index (χ2v) is 7.39. The number of fused-ring (bicyclic) bond motifs is 2. The van der Waals surface area contributed by atoms with E-state index in [1.807, 2.05) is 44.2 Å². The lowest BCUT2D eigenvalue weighted by Crippen LogP contribution is -2.23.